The Kier molecular flexibility index (Phi) is 8.12. The molecule has 30 heavy (non-hydrogen) atoms. The molecule has 0 atom stereocenters. The van der Waals surface area contributed by atoms with Crippen molar-refractivity contribution in [1.82, 2.24) is 0 Å². The highest BCUT2D eigenvalue weighted by Crippen LogP contribution is 2.38. The van der Waals surface area contributed by atoms with E-state index in [4.69, 9.17) is 44.3 Å². The Bertz CT molecular complexity index is 1050. The minimum absolute atomic E-state index is 0.179. The van der Waals surface area contributed by atoms with Crippen LogP contribution in [0.5, 0.6) is 11.5 Å². The minimum atomic E-state index is -0.390. The van der Waals surface area contributed by atoms with Crippen molar-refractivity contribution in [2.75, 3.05) is 11.9 Å². The molecule has 3 aromatic carbocycles. The van der Waals surface area contributed by atoms with E-state index in [-0.39, 0.29) is 6.61 Å². The first kappa shape index (κ1) is 23.0. The Balaban J connectivity index is 1.76. The molecular weight excluding hydrogens is 516 g/mol. The first-order chi connectivity index (χ1) is 14.4. The molecule has 0 spiro atoms. The second-order valence-electron chi connectivity index (χ2n) is 6.34. The highest BCUT2D eigenvalue weighted by Gasteiger charge is 2.14. The number of benzene rings is 3. The molecule has 0 aliphatic rings. The lowest BCUT2D eigenvalue weighted by Crippen LogP contribution is -2.04. The highest BCUT2D eigenvalue weighted by atomic mass is 79.9. The number of hydrogen-bond donors (Lipinski definition) is 1. The van der Waals surface area contributed by atoms with Crippen molar-refractivity contribution in [2.24, 2.45) is 0 Å². The summed E-state index contributed by atoms with van der Waals surface area (Å²) in [7, 11) is 0. The molecule has 1 N–H and O–H groups in total. The van der Waals surface area contributed by atoms with Gasteiger partial charge in [0.05, 0.1) is 26.1 Å². The largest absolute Gasteiger partial charge is 0.490 e. The van der Waals surface area contributed by atoms with E-state index in [1.165, 1.54) is 12.1 Å². The second-order valence-corrected chi connectivity index (χ2v) is 8.42. The molecule has 0 saturated heterocycles. The van der Waals surface area contributed by atoms with E-state index >= 15 is 0 Å². The quantitative estimate of drug-likeness (QED) is 0.317. The lowest BCUT2D eigenvalue weighted by atomic mass is 10.2. The molecule has 3 rings (SSSR count). The van der Waals surface area contributed by atoms with Gasteiger partial charge in [-0.1, -0.05) is 40.9 Å². The number of hydrogen-bond acceptors (Lipinski definition) is 3. The van der Waals surface area contributed by atoms with Crippen LogP contribution in [0.2, 0.25) is 15.1 Å². The third-order valence-electron chi connectivity index (χ3n) is 4.17. The monoisotopic (exact) mass is 531 g/mol. The van der Waals surface area contributed by atoms with Crippen LogP contribution in [-0.4, -0.2) is 6.61 Å². The van der Waals surface area contributed by atoms with Gasteiger partial charge in [0.25, 0.3) is 0 Å². The molecule has 0 saturated carbocycles. The summed E-state index contributed by atoms with van der Waals surface area (Å²) in [5.41, 5.74) is 2.51. The molecule has 0 amide bonds. The van der Waals surface area contributed by atoms with Gasteiger partial charge in [-0.25, -0.2) is 4.39 Å². The van der Waals surface area contributed by atoms with Crippen molar-refractivity contribution in [3.8, 4) is 11.5 Å². The molecule has 0 radical (unpaired) electrons. The van der Waals surface area contributed by atoms with Gasteiger partial charge in [0.15, 0.2) is 11.5 Å². The summed E-state index contributed by atoms with van der Waals surface area (Å²) in [6.45, 7) is 3.10. The number of halogens is 5. The van der Waals surface area contributed by atoms with E-state index in [2.05, 4.69) is 21.2 Å². The summed E-state index contributed by atoms with van der Waals surface area (Å²) in [5.74, 6) is 0.755. The van der Waals surface area contributed by atoms with Crippen LogP contribution in [0, 0.1) is 5.82 Å². The van der Waals surface area contributed by atoms with Crippen LogP contribution in [0.4, 0.5) is 10.1 Å². The van der Waals surface area contributed by atoms with Crippen molar-refractivity contribution >= 4 is 56.4 Å². The van der Waals surface area contributed by atoms with Crippen molar-refractivity contribution < 1.29 is 13.9 Å². The summed E-state index contributed by atoms with van der Waals surface area (Å²) in [6, 6.07) is 13.4. The van der Waals surface area contributed by atoms with Crippen LogP contribution in [-0.2, 0) is 13.2 Å². The molecule has 0 unspecified atom stereocenters. The fraction of sp³-hybridized carbons (Fsp3) is 0.182. The fourth-order valence-electron chi connectivity index (χ4n) is 2.73. The van der Waals surface area contributed by atoms with E-state index in [1.54, 1.807) is 18.2 Å². The lowest BCUT2D eigenvalue weighted by molar-refractivity contribution is 0.267. The zero-order valence-corrected chi connectivity index (χ0v) is 19.8. The first-order valence-electron chi connectivity index (χ1n) is 9.08. The van der Waals surface area contributed by atoms with E-state index in [9.17, 15) is 4.39 Å². The summed E-state index contributed by atoms with van der Waals surface area (Å²) in [6.07, 6.45) is 0. The van der Waals surface area contributed by atoms with Crippen LogP contribution < -0.4 is 14.8 Å². The minimum Gasteiger partial charge on any atom is -0.490 e. The normalized spacial score (nSPS) is 10.7. The summed E-state index contributed by atoms with van der Waals surface area (Å²) in [4.78, 5) is 0. The van der Waals surface area contributed by atoms with Gasteiger partial charge in [-0.3, -0.25) is 0 Å². The molecule has 158 valence electrons. The van der Waals surface area contributed by atoms with E-state index in [0.717, 1.165) is 15.7 Å². The number of ether oxygens (including phenoxy) is 2. The predicted molar refractivity (Wildman–Crippen MR) is 125 cm³/mol. The Morgan fingerprint density at radius 3 is 2.43 bits per heavy atom. The average Bonchev–Trinajstić information content (AvgIpc) is 2.70. The zero-order chi connectivity index (χ0) is 21.7. The number of anilines is 1. The molecule has 0 heterocycles. The fourth-order valence-corrected chi connectivity index (χ4v) is 3.85. The zero-order valence-electron chi connectivity index (χ0n) is 15.9. The van der Waals surface area contributed by atoms with E-state index in [0.29, 0.717) is 45.3 Å². The van der Waals surface area contributed by atoms with Crippen LogP contribution >= 0.6 is 50.7 Å². The molecule has 8 heteroatoms. The maximum absolute atomic E-state index is 13.2. The van der Waals surface area contributed by atoms with Gasteiger partial charge in [0.1, 0.15) is 12.4 Å². The van der Waals surface area contributed by atoms with Gasteiger partial charge >= 0.3 is 0 Å². The molecule has 3 aromatic rings. The molecule has 0 aromatic heterocycles. The first-order valence-corrected chi connectivity index (χ1v) is 11.0. The number of nitrogens with one attached hydrogen (secondary N) is 1. The summed E-state index contributed by atoms with van der Waals surface area (Å²) >= 11 is 21.7. The molecule has 0 aliphatic carbocycles. The third-order valence-corrected chi connectivity index (χ3v) is 5.85. The van der Waals surface area contributed by atoms with Crippen LogP contribution in [0.25, 0.3) is 0 Å². The summed E-state index contributed by atoms with van der Waals surface area (Å²) < 4.78 is 25.7. The SMILES string of the molecule is CCOc1cc(CNc2ccc(Cl)c(Cl)c2)cc(Br)c1OCc1ccc(F)cc1Cl. The van der Waals surface area contributed by atoms with Gasteiger partial charge in [0, 0.05) is 17.8 Å². The maximum atomic E-state index is 13.2. The molecular formula is C22H18BrCl3FNO2. The third kappa shape index (κ3) is 5.94. The molecule has 3 nitrogen and oxygen atoms in total. The van der Waals surface area contributed by atoms with Crippen LogP contribution in [0.1, 0.15) is 18.1 Å². The molecule has 0 bridgehead atoms. The van der Waals surface area contributed by atoms with Crippen molar-refractivity contribution in [1.29, 1.82) is 0 Å². The standard InChI is InChI=1S/C22H18BrCl3FNO2/c1-2-29-21-8-13(11-28-16-5-6-18(24)20(26)10-16)7-17(23)22(21)30-12-14-3-4-15(27)9-19(14)25/h3-10,28H,2,11-12H2,1H3. The van der Waals surface area contributed by atoms with Crippen LogP contribution in [0.15, 0.2) is 53.0 Å². The Morgan fingerprint density at radius 1 is 0.933 bits per heavy atom. The van der Waals surface area contributed by atoms with E-state index in [1.807, 2.05) is 25.1 Å². The Labute approximate surface area is 198 Å². The Morgan fingerprint density at radius 2 is 1.73 bits per heavy atom. The topological polar surface area (TPSA) is 30.5 Å². The molecule has 0 fully saturated rings. The Hall–Kier alpha value is -1.66. The maximum Gasteiger partial charge on any atom is 0.175 e. The van der Waals surface area contributed by atoms with Crippen molar-refractivity contribution in [3.63, 3.8) is 0 Å². The van der Waals surface area contributed by atoms with E-state index < -0.39 is 5.82 Å². The van der Waals surface area contributed by atoms with Crippen LogP contribution in [0.3, 0.4) is 0 Å². The predicted octanol–water partition coefficient (Wildman–Crippen LogP) is 8.14. The molecule has 0 aliphatic heterocycles. The highest BCUT2D eigenvalue weighted by molar-refractivity contribution is 9.10. The van der Waals surface area contributed by atoms with Gasteiger partial charge in [0.2, 0.25) is 0 Å². The smallest absolute Gasteiger partial charge is 0.175 e. The van der Waals surface area contributed by atoms with Crippen molar-refractivity contribution in [2.45, 2.75) is 20.1 Å². The average molecular weight is 534 g/mol. The van der Waals surface area contributed by atoms with Crippen molar-refractivity contribution in [3.05, 3.63) is 85.0 Å². The van der Waals surface area contributed by atoms with Gasteiger partial charge < -0.3 is 14.8 Å². The van der Waals surface area contributed by atoms with Gasteiger partial charge in [-0.05, 0) is 70.9 Å². The number of rotatable bonds is 8. The van der Waals surface area contributed by atoms with Gasteiger partial charge in [-0.15, -0.1) is 0 Å². The second kappa shape index (κ2) is 10.6. The lowest BCUT2D eigenvalue weighted by Gasteiger charge is -2.16. The van der Waals surface area contributed by atoms with Gasteiger partial charge in [-0.2, -0.15) is 0 Å². The summed E-state index contributed by atoms with van der Waals surface area (Å²) in [5, 5.41) is 4.61.